The predicted octanol–water partition coefficient (Wildman–Crippen LogP) is 3.87. The van der Waals surface area contributed by atoms with Gasteiger partial charge >= 0.3 is 0 Å². The van der Waals surface area contributed by atoms with E-state index in [0.717, 1.165) is 33.6 Å². The average Bonchev–Trinajstić information content (AvgIpc) is 2.31. The van der Waals surface area contributed by atoms with E-state index in [9.17, 15) is 0 Å². The summed E-state index contributed by atoms with van der Waals surface area (Å²) in [5.41, 5.74) is 15.3. The molecule has 0 saturated heterocycles. The van der Waals surface area contributed by atoms with Gasteiger partial charge in [-0.25, -0.2) is 0 Å². The summed E-state index contributed by atoms with van der Waals surface area (Å²) in [5.74, 6) is 0. The number of nitrogen functional groups attached to an aromatic ring is 1. The van der Waals surface area contributed by atoms with Gasteiger partial charge in [0.1, 0.15) is 0 Å². The van der Waals surface area contributed by atoms with Gasteiger partial charge in [0, 0.05) is 28.7 Å². The van der Waals surface area contributed by atoms with Crippen molar-refractivity contribution in [1.29, 1.82) is 0 Å². The Bertz CT molecular complexity index is 613. The number of nitrogens with two attached hydrogens (primary N) is 1. The van der Waals surface area contributed by atoms with Crippen LogP contribution in [0.3, 0.4) is 0 Å². The van der Waals surface area contributed by atoms with Crippen LogP contribution in [0.5, 0.6) is 0 Å². The van der Waals surface area contributed by atoms with Crippen LogP contribution in [-0.2, 0) is 0 Å². The van der Waals surface area contributed by atoms with Gasteiger partial charge < -0.3 is 5.73 Å². The Morgan fingerprint density at radius 1 is 0.944 bits per heavy atom. The summed E-state index contributed by atoms with van der Waals surface area (Å²) in [6.07, 6.45) is 1.89. The fourth-order valence-corrected chi connectivity index (χ4v) is 2.37. The minimum absolute atomic E-state index is 0.878. The van der Waals surface area contributed by atoms with E-state index in [-0.39, 0.29) is 0 Å². The molecule has 0 bridgehead atoms. The lowest BCUT2D eigenvalue weighted by molar-refractivity contribution is 1.17. The highest BCUT2D eigenvalue weighted by Crippen LogP contribution is 2.35. The Morgan fingerprint density at radius 3 is 2.28 bits per heavy atom. The van der Waals surface area contributed by atoms with Crippen LogP contribution in [0.15, 0.2) is 18.3 Å². The summed E-state index contributed by atoms with van der Waals surface area (Å²) in [6, 6.07) is 4.36. The van der Waals surface area contributed by atoms with Crippen molar-refractivity contribution in [2.45, 2.75) is 34.6 Å². The monoisotopic (exact) mass is 240 g/mol. The van der Waals surface area contributed by atoms with Crippen LogP contribution >= 0.6 is 0 Å². The number of rotatable bonds is 1. The molecule has 2 N–H and O–H groups in total. The molecule has 0 amide bonds. The van der Waals surface area contributed by atoms with Gasteiger partial charge in [0.15, 0.2) is 0 Å². The minimum Gasteiger partial charge on any atom is -0.398 e. The summed E-state index contributed by atoms with van der Waals surface area (Å²) in [6.45, 7) is 10.4. The second-order valence-electron chi connectivity index (χ2n) is 5.07. The van der Waals surface area contributed by atoms with Crippen LogP contribution < -0.4 is 5.73 Å². The molecule has 0 radical (unpaired) electrons. The Labute approximate surface area is 109 Å². The fourth-order valence-electron chi connectivity index (χ4n) is 2.37. The fraction of sp³-hybridized carbons (Fsp3) is 0.312. The Morgan fingerprint density at radius 2 is 1.61 bits per heavy atom. The van der Waals surface area contributed by atoms with Gasteiger partial charge in [0.25, 0.3) is 0 Å². The van der Waals surface area contributed by atoms with Crippen LogP contribution in [0, 0.1) is 34.6 Å². The molecule has 2 heteroatoms. The number of anilines is 1. The van der Waals surface area contributed by atoms with Crippen molar-refractivity contribution in [2.24, 2.45) is 0 Å². The Hall–Kier alpha value is -1.83. The van der Waals surface area contributed by atoms with Gasteiger partial charge in [-0.05, 0) is 62.9 Å². The Balaban J connectivity index is 2.79. The van der Waals surface area contributed by atoms with E-state index in [1.54, 1.807) is 0 Å². The molecule has 2 rings (SSSR count). The van der Waals surface area contributed by atoms with Crippen LogP contribution in [0.4, 0.5) is 5.69 Å². The average molecular weight is 240 g/mol. The van der Waals surface area contributed by atoms with E-state index in [4.69, 9.17) is 5.73 Å². The Kier molecular flexibility index (Phi) is 3.12. The molecule has 0 aliphatic rings. The third-order valence-corrected chi connectivity index (χ3v) is 3.59. The lowest BCUT2D eigenvalue weighted by Crippen LogP contribution is -2.01. The van der Waals surface area contributed by atoms with Crippen LogP contribution in [0.1, 0.15) is 27.9 Å². The van der Waals surface area contributed by atoms with Gasteiger partial charge in [-0.15, -0.1) is 0 Å². The molecule has 94 valence electrons. The first kappa shape index (κ1) is 12.6. The topological polar surface area (TPSA) is 38.9 Å². The van der Waals surface area contributed by atoms with Gasteiger partial charge in [-0.1, -0.05) is 6.07 Å². The zero-order chi connectivity index (χ0) is 13.4. The van der Waals surface area contributed by atoms with Crippen molar-refractivity contribution in [3.8, 4) is 11.1 Å². The van der Waals surface area contributed by atoms with Crippen LogP contribution in [0.25, 0.3) is 11.1 Å². The molecular formula is C16H20N2. The number of aryl methyl sites for hydroxylation is 4. The molecule has 0 atom stereocenters. The van der Waals surface area contributed by atoms with E-state index in [1.165, 1.54) is 11.1 Å². The van der Waals surface area contributed by atoms with Gasteiger partial charge in [0.2, 0.25) is 0 Å². The van der Waals surface area contributed by atoms with Crippen molar-refractivity contribution >= 4 is 5.69 Å². The largest absolute Gasteiger partial charge is 0.398 e. The maximum absolute atomic E-state index is 6.31. The molecule has 0 unspecified atom stereocenters. The molecule has 0 fully saturated rings. The molecule has 0 spiro atoms. The molecule has 18 heavy (non-hydrogen) atoms. The van der Waals surface area contributed by atoms with Gasteiger partial charge in [0.05, 0.1) is 0 Å². The summed E-state index contributed by atoms with van der Waals surface area (Å²) in [7, 11) is 0. The van der Waals surface area contributed by atoms with Crippen molar-refractivity contribution in [3.05, 3.63) is 46.3 Å². The second kappa shape index (κ2) is 4.45. The van der Waals surface area contributed by atoms with Crippen LogP contribution in [-0.4, -0.2) is 4.98 Å². The number of hydrogen-bond acceptors (Lipinski definition) is 2. The number of nitrogens with zero attached hydrogens (tertiary/aromatic N) is 1. The maximum atomic E-state index is 6.31. The second-order valence-corrected chi connectivity index (χ2v) is 5.07. The van der Waals surface area contributed by atoms with Crippen molar-refractivity contribution in [1.82, 2.24) is 4.98 Å². The maximum Gasteiger partial charge on any atom is 0.0452 e. The zero-order valence-corrected chi connectivity index (χ0v) is 11.8. The quantitative estimate of drug-likeness (QED) is 0.768. The minimum atomic E-state index is 0.878. The molecule has 1 aromatic heterocycles. The molecule has 2 aromatic rings. The highest BCUT2D eigenvalue weighted by Gasteiger charge is 2.13. The highest BCUT2D eigenvalue weighted by molar-refractivity contribution is 5.83. The van der Waals surface area contributed by atoms with E-state index in [0.29, 0.717) is 0 Å². The third-order valence-electron chi connectivity index (χ3n) is 3.59. The molecule has 1 heterocycles. The number of pyridine rings is 1. The van der Waals surface area contributed by atoms with Crippen molar-refractivity contribution < 1.29 is 0 Å². The lowest BCUT2D eigenvalue weighted by Gasteiger charge is -2.16. The third kappa shape index (κ3) is 1.99. The summed E-state index contributed by atoms with van der Waals surface area (Å²) >= 11 is 0. The molecule has 0 aliphatic carbocycles. The lowest BCUT2D eigenvalue weighted by atomic mass is 9.92. The van der Waals surface area contributed by atoms with E-state index < -0.39 is 0 Å². The van der Waals surface area contributed by atoms with E-state index in [2.05, 4.69) is 44.8 Å². The van der Waals surface area contributed by atoms with Gasteiger partial charge in [-0.2, -0.15) is 0 Å². The molecule has 0 aliphatic heterocycles. The predicted molar refractivity (Wildman–Crippen MR) is 77.8 cm³/mol. The van der Waals surface area contributed by atoms with Crippen molar-refractivity contribution in [2.75, 3.05) is 5.73 Å². The van der Waals surface area contributed by atoms with E-state index in [1.807, 2.05) is 13.1 Å². The van der Waals surface area contributed by atoms with Crippen molar-refractivity contribution in [3.63, 3.8) is 0 Å². The summed E-state index contributed by atoms with van der Waals surface area (Å²) in [5, 5.41) is 0. The van der Waals surface area contributed by atoms with Crippen LogP contribution in [0.2, 0.25) is 0 Å². The molecule has 2 nitrogen and oxygen atoms in total. The molecular weight excluding hydrogens is 220 g/mol. The zero-order valence-electron chi connectivity index (χ0n) is 11.8. The number of benzene rings is 1. The number of aromatic nitrogens is 1. The van der Waals surface area contributed by atoms with E-state index >= 15 is 0 Å². The SMILES string of the molecule is Cc1cnc(C)c(-c2c(C)cc(C)c(C)c2N)c1. The first-order valence-electron chi connectivity index (χ1n) is 6.21. The first-order valence-corrected chi connectivity index (χ1v) is 6.21. The molecule has 1 aromatic carbocycles. The van der Waals surface area contributed by atoms with Gasteiger partial charge in [-0.3, -0.25) is 4.98 Å². The summed E-state index contributed by atoms with van der Waals surface area (Å²) < 4.78 is 0. The standard InChI is InChI=1S/C16H20N2/c1-9-6-14(13(5)18-8-9)15-11(3)7-10(2)12(4)16(15)17/h6-8H,17H2,1-5H3. The normalized spacial score (nSPS) is 10.7. The summed E-state index contributed by atoms with van der Waals surface area (Å²) in [4.78, 5) is 4.43. The highest BCUT2D eigenvalue weighted by atomic mass is 14.7. The first-order chi connectivity index (χ1) is 8.41. The number of hydrogen-bond donors (Lipinski definition) is 1. The smallest absolute Gasteiger partial charge is 0.0452 e. The molecule has 0 saturated carbocycles.